The van der Waals surface area contributed by atoms with Crippen molar-refractivity contribution in [3.8, 4) is 0 Å². The summed E-state index contributed by atoms with van der Waals surface area (Å²) >= 11 is 0. The first-order valence-corrected chi connectivity index (χ1v) is 3.44. The molecule has 0 heterocycles. The topological polar surface area (TPSA) is 29.5 Å². The summed E-state index contributed by atoms with van der Waals surface area (Å²) in [5.41, 5.74) is 0. The number of aliphatic hydroxyl groups excluding tert-OH is 1. The summed E-state index contributed by atoms with van der Waals surface area (Å²) in [4.78, 5) is 0. The molecule has 0 aliphatic heterocycles. The van der Waals surface area contributed by atoms with Gasteiger partial charge in [-0.3, -0.25) is 0 Å². The van der Waals surface area contributed by atoms with Gasteiger partial charge in [0.15, 0.2) is 0 Å². The molecule has 0 spiro atoms. The second kappa shape index (κ2) is 4.77. The van der Waals surface area contributed by atoms with E-state index in [-0.39, 0.29) is 12.9 Å². The number of ether oxygens (including phenoxy) is 1. The van der Waals surface area contributed by atoms with Crippen LogP contribution in [0.5, 0.6) is 0 Å². The summed E-state index contributed by atoms with van der Waals surface area (Å²) in [6.45, 7) is 6.04. The molecule has 0 saturated carbocycles. The highest BCUT2D eigenvalue weighted by Gasteiger charge is 2.08. The number of rotatable bonds is 4. The van der Waals surface area contributed by atoms with E-state index in [0.717, 1.165) is 6.42 Å². The number of aliphatic hydroxyl groups is 1. The van der Waals surface area contributed by atoms with Gasteiger partial charge >= 0.3 is 0 Å². The van der Waals surface area contributed by atoms with Crippen LogP contribution < -0.4 is 0 Å². The van der Waals surface area contributed by atoms with Crippen molar-refractivity contribution in [2.45, 2.75) is 33.3 Å². The van der Waals surface area contributed by atoms with Gasteiger partial charge in [0.1, 0.15) is 6.79 Å². The van der Waals surface area contributed by atoms with E-state index in [1.54, 1.807) is 0 Å². The molecule has 0 aromatic heterocycles. The van der Waals surface area contributed by atoms with Crippen molar-refractivity contribution in [2.75, 3.05) is 6.79 Å². The Balaban J connectivity index is 3.32. The fraction of sp³-hybridized carbons (Fsp3) is 1.00. The Kier molecular flexibility index (Phi) is 4.72. The molecule has 2 atom stereocenters. The lowest BCUT2D eigenvalue weighted by atomic mass is 10.0. The fourth-order valence-corrected chi connectivity index (χ4v) is 0.614. The molecule has 0 amide bonds. The zero-order chi connectivity index (χ0) is 7.28. The van der Waals surface area contributed by atoms with Crippen molar-refractivity contribution in [3.05, 3.63) is 0 Å². The molecule has 0 aliphatic carbocycles. The first-order valence-electron chi connectivity index (χ1n) is 3.44. The lowest BCUT2D eigenvalue weighted by molar-refractivity contribution is -0.0623. The molecular weight excluding hydrogens is 116 g/mol. The van der Waals surface area contributed by atoms with Gasteiger partial charge in [0.2, 0.25) is 0 Å². The Hall–Kier alpha value is -0.0800. The Morgan fingerprint density at radius 3 is 2.33 bits per heavy atom. The van der Waals surface area contributed by atoms with Crippen LogP contribution in [0.25, 0.3) is 0 Å². The SMILES string of the molecule is CCC(C)C(C)OCO. The third kappa shape index (κ3) is 3.49. The normalized spacial score (nSPS) is 17.3. The summed E-state index contributed by atoms with van der Waals surface area (Å²) in [5, 5.41) is 8.36. The number of hydrogen-bond acceptors (Lipinski definition) is 2. The van der Waals surface area contributed by atoms with E-state index in [0.29, 0.717) is 5.92 Å². The van der Waals surface area contributed by atoms with Gasteiger partial charge in [-0.25, -0.2) is 0 Å². The fourth-order valence-electron chi connectivity index (χ4n) is 0.614. The van der Waals surface area contributed by atoms with Crippen molar-refractivity contribution in [1.82, 2.24) is 0 Å². The van der Waals surface area contributed by atoms with Crippen LogP contribution in [0, 0.1) is 5.92 Å². The maximum atomic E-state index is 8.36. The van der Waals surface area contributed by atoms with Gasteiger partial charge in [-0.2, -0.15) is 0 Å². The third-order valence-electron chi connectivity index (χ3n) is 1.78. The second-order valence-electron chi connectivity index (χ2n) is 2.39. The van der Waals surface area contributed by atoms with Crippen LogP contribution in [-0.4, -0.2) is 18.0 Å². The zero-order valence-corrected chi connectivity index (χ0v) is 6.42. The van der Waals surface area contributed by atoms with Gasteiger partial charge in [0.05, 0.1) is 6.10 Å². The van der Waals surface area contributed by atoms with Gasteiger partial charge in [0, 0.05) is 0 Å². The third-order valence-corrected chi connectivity index (χ3v) is 1.78. The van der Waals surface area contributed by atoms with E-state index in [9.17, 15) is 0 Å². The van der Waals surface area contributed by atoms with Crippen LogP contribution in [0.1, 0.15) is 27.2 Å². The first-order chi connectivity index (χ1) is 4.22. The molecule has 2 nitrogen and oxygen atoms in total. The lowest BCUT2D eigenvalue weighted by Gasteiger charge is -2.16. The van der Waals surface area contributed by atoms with Crippen molar-refractivity contribution < 1.29 is 9.84 Å². The highest BCUT2D eigenvalue weighted by Crippen LogP contribution is 2.09. The lowest BCUT2D eigenvalue weighted by Crippen LogP contribution is -2.17. The molecule has 2 unspecified atom stereocenters. The molecule has 1 N–H and O–H groups in total. The van der Waals surface area contributed by atoms with Crippen LogP contribution in [0.2, 0.25) is 0 Å². The minimum Gasteiger partial charge on any atom is -0.371 e. The smallest absolute Gasteiger partial charge is 0.143 e. The molecule has 0 aromatic rings. The molecule has 0 saturated heterocycles. The van der Waals surface area contributed by atoms with Crippen LogP contribution in [0.4, 0.5) is 0 Å². The van der Waals surface area contributed by atoms with Crippen molar-refractivity contribution in [1.29, 1.82) is 0 Å². The molecule has 0 bridgehead atoms. The van der Waals surface area contributed by atoms with E-state index in [4.69, 9.17) is 9.84 Å². The van der Waals surface area contributed by atoms with Gasteiger partial charge < -0.3 is 9.84 Å². The highest BCUT2D eigenvalue weighted by atomic mass is 16.6. The summed E-state index contributed by atoms with van der Waals surface area (Å²) in [6, 6.07) is 0. The molecule has 56 valence electrons. The van der Waals surface area contributed by atoms with E-state index >= 15 is 0 Å². The molecule has 0 rings (SSSR count). The summed E-state index contributed by atoms with van der Waals surface area (Å²) in [6.07, 6.45) is 1.28. The van der Waals surface area contributed by atoms with Crippen molar-refractivity contribution in [2.24, 2.45) is 5.92 Å². The van der Waals surface area contributed by atoms with Crippen LogP contribution in [-0.2, 0) is 4.74 Å². The van der Waals surface area contributed by atoms with Gasteiger partial charge in [0.25, 0.3) is 0 Å². The molecule has 0 radical (unpaired) electrons. The predicted molar refractivity (Wildman–Crippen MR) is 37.1 cm³/mol. The minimum absolute atomic E-state index is 0.161. The molecule has 0 fully saturated rings. The van der Waals surface area contributed by atoms with Gasteiger partial charge in [-0.1, -0.05) is 20.3 Å². The standard InChI is InChI=1S/C7H16O2/c1-4-6(2)7(3)9-5-8/h6-8H,4-5H2,1-3H3. The monoisotopic (exact) mass is 132 g/mol. The Labute approximate surface area is 56.8 Å². The Morgan fingerprint density at radius 2 is 2.00 bits per heavy atom. The van der Waals surface area contributed by atoms with E-state index in [1.165, 1.54) is 0 Å². The van der Waals surface area contributed by atoms with Crippen molar-refractivity contribution in [3.63, 3.8) is 0 Å². The van der Waals surface area contributed by atoms with Gasteiger partial charge in [-0.05, 0) is 12.8 Å². The number of hydrogen-bond donors (Lipinski definition) is 1. The highest BCUT2D eigenvalue weighted by molar-refractivity contribution is 4.57. The molecule has 9 heavy (non-hydrogen) atoms. The first kappa shape index (κ1) is 8.92. The van der Waals surface area contributed by atoms with Crippen LogP contribution >= 0.6 is 0 Å². The second-order valence-corrected chi connectivity index (χ2v) is 2.39. The summed E-state index contributed by atoms with van der Waals surface area (Å²) in [7, 11) is 0. The maximum absolute atomic E-state index is 8.36. The summed E-state index contributed by atoms with van der Waals surface area (Å²) in [5.74, 6) is 0.539. The average molecular weight is 132 g/mol. The average Bonchev–Trinajstić information content (AvgIpc) is 1.87. The largest absolute Gasteiger partial charge is 0.371 e. The van der Waals surface area contributed by atoms with E-state index < -0.39 is 0 Å². The van der Waals surface area contributed by atoms with Gasteiger partial charge in [-0.15, -0.1) is 0 Å². The quantitative estimate of drug-likeness (QED) is 0.586. The zero-order valence-electron chi connectivity index (χ0n) is 6.42. The summed E-state index contributed by atoms with van der Waals surface area (Å²) < 4.78 is 4.95. The van der Waals surface area contributed by atoms with E-state index in [2.05, 4.69) is 13.8 Å². The van der Waals surface area contributed by atoms with Crippen LogP contribution in [0.3, 0.4) is 0 Å². The molecule has 0 aromatic carbocycles. The Morgan fingerprint density at radius 1 is 1.44 bits per heavy atom. The predicted octanol–water partition coefficient (Wildman–Crippen LogP) is 1.39. The molecule has 2 heteroatoms. The molecular formula is C7H16O2. The minimum atomic E-state index is -0.161. The van der Waals surface area contributed by atoms with Crippen molar-refractivity contribution >= 4 is 0 Å². The molecule has 0 aliphatic rings. The van der Waals surface area contributed by atoms with E-state index in [1.807, 2.05) is 6.92 Å². The Bertz CT molecular complexity index is 63.9. The maximum Gasteiger partial charge on any atom is 0.143 e. The van der Waals surface area contributed by atoms with Crippen LogP contribution in [0.15, 0.2) is 0 Å².